The molecule has 7 nitrogen and oxygen atoms in total. The Morgan fingerprint density at radius 1 is 1.15 bits per heavy atom. The zero-order chi connectivity index (χ0) is 23.7. The summed E-state index contributed by atoms with van der Waals surface area (Å²) in [6.07, 6.45) is 0.701. The van der Waals surface area contributed by atoms with Crippen LogP contribution in [0.2, 0.25) is 0 Å². The predicted molar refractivity (Wildman–Crippen MR) is 125 cm³/mol. The smallest absolute Gasteiger partial charge is 0.407 e. The summed E-state index contributed by atoms with van der Waals surface area (Å²) in [4.78, 5) is 17.6. The molecule has 1 aliphatic heterocycles. The van der Waals surface area contributed by atoms with Gasteiger partial charge in [0.1, 0.15) is 5.82 Å². The second-order valence-electron chi connectivity index (χ2n) is 8.17. The minimum Gasteiger partial charge on any atom is -0.465 e. The summed E-state index contributed by atoms with van der Waals surface area (Å²) in [5.41, 5.74) is 5.42. The zero-order valence-corrected chi connectivity index (χ0v) is 18.2. The van der Waals surface area contributed by atoms with E-state index in [0.717, 1.165) is 27.7 Å². The maximum absolute atomic E-state index is 13.6. The van der Waals surface area contributed by atoms with Crippen molar-refractivity contribution in [3.05, 3.63) is 78.2 Å². The van der Waals surface area contributed by atoms with Crippen molar-refractivity contribution in [3.8, 4) is 28.5 Å². The van der Waals surface area contributed by atoms with Crippen LogP contribution in [0.15, 0.2) is 66.9 Å². The molecule has 1 saturated heterocycles. The van der Waals surface area contributed by atoms with E-state index < -0.39 is 6.09 Å². The normalized spacial score (nSPS) is 15.9. The van der Waals surface area contributed by atoms with Gasteiger partial charge in [0.25, 0.3) is 0 Å². The molecule has 0 spiro atoms. The van der Waals surface area contributed by atoms with Crippen molar-refractivity contribution in [3.63, 3.8) is 0 Å². The molecule has 1 aliphatic rings. The fourth-order valence-electron chi connectivity index (χ4n) is 4.26. The average Bonchev–Trinajstić information content (AvgIpc) is 3.25. The molecule has 2 aromatic carbocycles. The molecule has 0 radical (unpaired) electrons. The van der Waals surface area contributed by atoms with E-state index in [1.54, 1.807) is 24.3 Å². The number of ether oxygens (including phenoxy) is 1. The van der Waals surface area contributed by atoms with E-state index in [0.29, 0.717) is 37.5 Å². The maximum Gasteiger partial charge on any atom is 0.407 e. The van der Waals surface area contributed by atoms with Gasteiger partial charge in [0.15, 0.2) is 0 Å². The summed E-state index contributed by atoms with van der Waals surface area (Å²) in [6.45, 7) is 1.51. The number of nitriles is 1. The van der Waals surface area contributed by atoms with Gasteiger partial charge in [-0.05, 0) is 54.1 Å². The van der Waals surface area contributed by atoms with Gasteiger partial charge in [-0.25, -0.2) is 14.2 Å². The third-order valence-electron chi connectivity index (χ3n) is 6.00. The Hall–Kier alpha value is -4.22. The van der Waals surface area contributed by atoms with Gasteiger partial charge in [0, 0.05) is 23.9 Å². The SMILES string of the molecule is N#Cc1ccc(-c2cc3c(ccn3C[C@H]3CN(C(=O)O)CCO3)nc2-c2ccc(F)cc2)cc1. The number of benzene rings is 2. The van der Waals surface area contributed by atoms with Gasteiger partial charge in [-0.15, -0.1) is 0 Å². The Morgan fingerprint density at radius 3 is 2.59 bits per heavy atom. The van der Waals surface area contributed by atoms with E-state index >= 15 is 0 Å². The molecule has 1 N–H and O–H groups in total. The van der Waals surface area contributed by atoms with Crippen LogP contribution in [0.4, 0.5) is 9.18 Å². The number of morpholine rings is 1. The van der Waals surface area contributed by atoms with Crippen LogP contribution in [0.1, 0.15) is 5.56 Å². The lowest BCUT2D eigenvalue weighted by atomic mass is 9.98. The van der Waals surface area contributed by atoms with Crippen molar-refractivity contribution in [2.45, 2.75) is 12.6 Å². The first-order valence-corrected chi connectivity index (χ1v) is 10.9. The molecule has 1 amide bonds. The highest BCUT2D eigenvalue weighted by Gasteiger charge is 2.24. The van der Waals surface area contributed by atoms with Gasteiger partial charge in [0.05, 0.1) is 54.2 Å². The van der Waals surface area contributed by atoms with Crippen LogP contribution in [-0.2, 0) is 11.3 Å². The third-order valence-corrected chi connectivity index (χ3v) is 6.00. The molecule has 170 valence electrons. The van der Waals surface area contributed by atoms with Crippen LogP contribution >= 0.6 is 0 Å². The van der Waals surface area contributed by atoms with Crippen LogP contribution in [0, 0.1) is 17.1 Å². The second-order valence-corrected chi connectivity index (χ2v) is 8.17. The topological polar surface area (TPSA) is 91.4 Å². The Balaban J connectivity index is 1.58. The Bertz CT molecular complexity index is 1390. The lowest BCUT2D eigenvalue weighted by molar-refractivity contribution is -0.0287. The monoisotopic (exact) mass is 456 g/mol. The van der Waals surface area contributed by atoms with E-state index in [4.69, 9.17) is 15.0 Å². The second kappa shape index (κ2) is 8.96. The lowest BCUT2D eigenvalue weighted by Crippen LogP contribution is -2.46. The molecular formula is C26H21FN4O3. The first kappa shape index (κ1) is 21.6. The maximum atomic E-state index is 13.6. The summed E-state index contributed by atoms with van der Waals surface area (Å²) >= 11 is 0. The van der Waals surface area contributed by atoms with Gasteiger partial charge < -0.3 is 19.3 Å². The molecule has 2 aromatic heterocycles. The minimum absolute atomic E-state index is 0.268. The van der Waals surface area contributed by atoms with Gasteiger partial charge in [-0.1, -0.05) is 12.1 Å². The van der Waals surface area contributed by atoms with Crippen molar-refractivity contribution in [1.82, 2.24) is 14.5 Å². The molecule has 0 saturated carbocycles. The summed E-state index contributed by atoms with van der Waals surface area (Å²) in [5, 5.41) is 18.5. The molecule has 8 heteroatoms. The van der Waals surface area contributed by atoms with Crippen molar-refractivity contribution >= 4 is 17.1 Å². The van der Waals surface area contributed by atoms with Crippen molar-refractivity contribution in [2.24, 2.45) is 0 Å². The number of carbonyl (C=O) groups is 1. The number of amides is 1. The number of pyridine rings is 1. The van der Waals surface area contributed by atoms with Gasteiger partial charge in [0.2, 0.25) is 0 Å². The molecule has 34 heavy (non-hydrogen) atoms. The first-order chi connectivity index (χ1) is 16.5. The molecule has 5 rings (SSSR count). The van der Waals surface area contributed by atoms with E-state index in [-0.39, 0.29) is 11.9 Å². The largest absolute Gasteiger partial charge is 0.465 e. The van der Waals surface area contributed by atoms with E-state index in [2.05, 4.69) is 6.07 Å². The standard InChI is InChI=1S/C26H21FN4O3/c27-20-7-5-19(6-8-20)25-22(18-3-1-17(14-28)2-4-18)13-24-23(29-25)9-10-30(24)15-21-16-31(26(32)33)11-12-34-21/h1-10,13,21H,11-12,15-16H2,(H,32,33)/t21-/m0/s1. The van der Waals surface area contributed by atoms with Crippen LogP contribution in [-0.4, -0.2) is 51.5 Å². The minimum atomic E-state index is -0.945. The van der Waals surface area contributed by atoms with Crippen LogP contribution < -0.4 is 0 Å². The molecule has 0 aliphatic carbocycles. The zero-order valence-electron chi connectivity index (χ0n) is 18.2. The van der Waals surface area contributed by atoms with Crippen LogP contribution in [0.25, 0.3) is 33.4 Å². The Kier molecular flexibility index (Phi) is 5.70. The number of aromatic nitrogens is 2. The van der Waals surface area contributed by atoms with Crippen LogP contribution in [0.5, 0.6) is 0 Å². The van der Waals surface area contributed by atoms with E-state index in [1.165, 1.54) is 17.0 Å². The third kappa shape index (κ3) is 4.21. The highest BCUT2D eigenvalue weighted by Crippen LogP contribution is 2.34. The highest BCUT2D eigenvalue weighted by molar-refractivity contribution is 5.90. The van der Waals surface area contributed by atoms with Crippen molar-refractivity contribution < 1.29 is 19.0 Å². The fraction of sp³-hybridized carbons (Fsp3) is 0.192. The Labute approximate surface area is 195 Å². The summed E-state index contributed by atoms with van der Waals surface area (Å²) in [6, 6.07) is 19.5. The summed E-state index contributed by atoms with van der Waals surface area (Å²) in [5.74, 6) is -0.321. The molecule has 0 bridgehead atoms. The summed E-state index contributed by atoms with van der Waals surface area (Å²) in [7, 11) is 0. The van der Waals surface area contributed by atoms with E-state index in [1.807, 2.05) is 35.0 Å². The fourth-order valence-corrected chi connectivity index (χ4v) is 4.26. The number of fused-ring (bicyclic) bond motifs is 1. The van der Waals surface area contributed by atoms with Gasteiger partial charge in [-0.3, -0.25) is 0 Å². The number of hydrogen-bond acceptors (Lipinski definition) is 4. The molecule has 3 heterocycles. The Morgan fingerprint density at radius 2 is 1.88 bits per heavy atom. The molecular weight excluding hydrogens is 435 g/mol. The lowest BCUT2D eigenvalue weighted by Gasteiger charge is -2.31. The predicted octanol–water partition coefficient (Wildman–Crippen LogP) is 4.76. The number of nitrogens with zero attached hydrogens (tertiary/aromatic N) is 4. The number of hydrogen-bond donors (Lipinski definition) is 1. The number of halogens is 1. The molecule has 0 unspecified atom stereocenters. The van der Waals surface area contributed by atoms with Gasteiger partial charge in [-0.2, -0.15) is 5.26 Å². The highest BCUT2D eigenvalue weighted by atomic mass is 19.1. The van der Waals surface area contributed by atoms with Crippen molar-refractivity contribution in [2.75, 3.05) is 19.7 Å². The molecule has 1 atom stereocenters. The average molecular weight is 456 g/mol. The first-order valence-electron chi connectivity index (χ1n) is 10.9. The van der Waals surface area contributed by atoms with Crippen molar-refractivity contribution in [1.29, 1.82) is 5.26 Å². The molecule has 1 fully saturated rings. The quantitative estimate of drug-likeness (QED) is 0.478. The number of carboxylic acid groups (broad SMARTS) is 1. The molecule has 4 aromatic rings. The van der Waals surface area contributed by atoms with Gasteiger partial charge >= 0.3 is 6.09 Å². The van der Waals surface area contributed by atoms with Crippen LogP contribution in [0.3, 0.4) is 0 Å². The number of rotatable bonds is 4. The summed E-state index contributed by atoms with van der Waals surface area (Å²) < 4.78 is 21.4. The van der Waals surface area contributed by atoms with E-state index in [9.17, 15) is 14.3 Å².